The molecule has 1 fully saturated rings. The molecule has 3 nitrogen and oxygen atoms in total. The predicted octanol–water partition coefficient (Wildman–Crippen LogP) is 4.48. The van der Waals surface area contributed by atoms with Crippen molar-refractivity contribution < 1.29 is 4.79 Å². The van der Waals surface area contributed by atoms with Crippen LogP contribution in [0.3, 0.4) is 0 Å². The van der Waals surface area contributed by atoms with Crippen LogP contribution in [0.2, 0.25) is 5.02 Å². The van der Waals surface area contributed by atoms with Crippen molar-refractivity contribution in [2.24, 2.45) is 5.73 Å². The molecule has 2 aromatic carbocycles. The number of halogens is 1. The van der Waals surface area contributed by atoms with E-state index in [0.717, 1.165) is 24.0 Å². The highest BCUT2D eigenvalue weighted by atomic mass is 35.5. The van der Waals surface area contributed by atoms with Crippen molar-refractivity contribution in [3.05, 3.63) is 70.7 Å². The van der Waals surface area contributed by atoms with Gasteiger partial charge in [0, 0.05) is 23.5 Å². The zero-order chi connectivity index (χ0) is 17.1. The molecule has 0 spiro atoms. The number of hydrogen-bond donors (Lipinski definition) is 1. The highest BCUT2D eigenvalue weighted by Gasteiger charge is 2.36. The average molecular weight is 343 g/mol. The third-order valence-electron chi connectivity index (χ3n) is 4.62. The fraction of sp³-hybridized carbons (Fsp3) is 0.350. The summed E-state index contributed by atoms with van der Waals surface area (Å²) in [5, 5.41) is 0.710. The van der Waals surface area contributed by atoms with Gasteiger partial charge in [-0.1, -0.05) is 54.1 Å². The first-order chi connectivity index (χ1) is 11.6. The number of rotatable bonds is 6. The van der Waals surface area contributed by atoms with Gasteiger partial charge in [0.2, 0.25) is 5.91 Å². The van der Waals surface area contributed by atoms with Gasteiger partial charge in [-0.25, -0.2) is 0 Å². The number of carbonyl (C=O) groups is 1. The van der Waals surface area contributed by atoms with Gasteiger partial charge in [-0.3, -0.25) is 4.79 Å². The van der Waals surface area contributed by atoms with E-state index >= 15 is 0 Å². The summed E-state index contributed by atoms with van der Waals surface area (Å²) in [4.78, 5) is 14.9. The molecule has 1 saturated carbocycles. The minimum absolute atomic E-state index is 0.0326. The Morgan fingerprint density at radius 1 is 1.12 bits per heavy atom. The monoisotopic (exact) mass is 342 g/mol. The van der Waals surface area contributed by atoms with E-state index in [9.17, 15) is 4.79 Å². The van der Waals surface area contributed by atoms with E-state index < -0.39 is 0 Å². The molecule has 2 aromatic rings. The Labute approximate surface area is 148 Å². The van der Waals surface area contributed by atoms with Crippen molar-refractivity contribution in [1.82, 2.24) is 4.90 Å². The van der Waals surface area contributed by atoms with Crippen molar-refractivity contribution >= 4 is 17.5 Å². The van der Waals surface area contributed by atoms with E-state index in [2.05, 4.69) is 6.92 Å². The molecule has 0 saturated heterocycles. The molecule has 2 unspecified atom stereocenters. The van der Waals surface area contributed by atoms with E-state index in [1.165, 1.54) is 0 Å². The van der Waals surface area contributed by atoms with Crippen LogP contribution in [0.25, 0.3) is 0 Å². The zero-order valence-corrected chi connectivity index (χ0v) is 14.6. The fourth-order valence-electron chi connectivity index (χ4n) is 3.10. The molecule has 1 amide bonds. The number of benzene rings is 2. The van der Waals surface area contributed by atoms with Crippen LogP contribution in [-0.4, -0.2) is 16.8 Å². The molecule has 2 N–H and O–H groups in total. The minimum atomic E-state index is -0.266. The second kappa shape index (κ2) is 7.37. The summed E-state index contributed by atoms with van der Waals surface area (Å²) >= 11 is 5.97. The van der Waals surface area contributed by atoms with E-state index in [0.29, 0.717) is 17.5 Å². The topological polar surface area (TPSA) is 46.3 Å². The van der Waals surface area contributed by atoms with Gasteiger partial charge in [-0.15, -0.1) is 0 Å². The van der Waals surface area contributed by atoms with Crippen molar-refractivity contribution in [2.75, 3.05) is 0 Å². The Hall–Kier alpha value is -1.84. The summed E-state index contributed by atoms with van der Waals surface area (Å²) in [5.41, 5.74) is 8.35. The lowest BCUT2D eigenvalue weighted by molar-refractivity contribution is -0.134. The van der Waals surface area contributed by atoms with E-state index in [-0.39, 0.29) is 18.0 Å². The molecule has 1 aliphatic carbocycles. The van der Waals surface area contributed by atoms with Crippen LogP contribution in [0.5, 0.6) is 0 Å². The quantitative estimate of drug-likeness (QED) is 0.841. The van der Waals surface area contributed by atoms with E-state index in [1.54, 1.807) is 0 Å². The van der Waals surface area contributed by atoms with Gasteiger partial charge in [0.25, 0.3) is 0 Å². The van der Waals surface area contributed by atoms with Gasteiger partial charge in [0.15, 0.2) is 0 Å². The first-order valence-electron chi connectivity index (χ1n) is 8.43. The second-order valence-electron chi connectivity index (χ2n) is 6.48. The third-order valence-corrected chi connectivity index (χ3v) is 4.87. The molecule has 3 rings (SSSR count). The highest BCUT2D eigenvalue weighted by Crippen LogP contribution is 2.36. The van der Waals surface area contributed by atoms with Crippen LogP contribution in [-0.2, 0) is 4.79 Å². The maximum absolute atomic E-state index is 12.9. The van der Waals surface area contributed by atoms with Crippen LogP contribution >= 0.6 is 11.6 Å². The van der Waals surface area contributed by atoms with Crippen molar-refractivity contribution in [3.8, 4) is 0 Å². The lowest BCUT2D eigenvalue weighted by Crippen LogP contribution is -2.37. The highest BCUT2D eigenvalue weighted by molar-refractivity contribution is 6.30. The number of nitrogens with two attached hydrogens (primary N) is 1. The maximum atomic E-state index is 12.9. The Bertz CT molecular complexity index is 683. The van der Waals surface area contributed by atoms with Gasteiger partial charge >= 0.3 is 0 Å². The molecule has 24 heavy (non-hydrogen) atoms. The second-order valence-corrected chi connectivity index (χ2v) is 6.92. The maximum Gasteiger partial charge on any atom is 0.225 e. The molecular formula is C20H23ClN2O. The molecule has 0 aliphatic heterocycles. The molecule has 1 aliphatic rings. The van der Waals surface area contributed by atoms with E-state index in [4.69, 9.17) is 17.3 Å². The number of nitrogens with zero attached hydrogens (tertiary/aromatic N) is 1. The fourth-order valence-corrected chi connectivity index (χ4v) is 3.23. The van der Waals surface area contributed by atoms with Gasteiger partial charge < -0.3 is 10.6 Å². The molecule has 0 radical (unpaired) electrons. The Kier molecular flexibility index (Phi) is 5.22. The van der Waals surface area contributed by atoms with Gasteiger partial charge in [0.05, 0.1) is 6.04 Å². The summed E-state index contributed by atoms with van der Waals surface area (Å²) in [6.45, 7) is 2.08. The van der Waals surface area contributed by atoms with Crippen LogP contribution < -0.4 is 5.73 Å². The van der Waals surface area contributed by atoms with Crippen molar-refractivity contribution in [3.63, 3.8) is 0 Å². The summed E-state index contributed by atoms with van der Waals surface area (Å²) < 4.78 is 0. The predicted molar refractivity (Wildman–Crippen MR) is 97.7 cm³/mol. The van der Waals surface area contributed by atoms with Crippen LogP contribution in [0.1, 0.15) is 49.4 Å². The van der Waals surface area contributed by atoms with Crippen molar-refractivity contribution in [1.29, 1.82) is 0 Å². The van der Waals surface area contributed by atoms with Gasteiger partial charge in [0.1, 0.15) is 0 Å². The zero-order valence-electron chi connectivity index (χ0n) is 13.9. The molecule has 0 aromatic heterocycles. The molecule has 2 atom stereocenters. The SMILES string of the molecule is CC(c1ccc(Cl)cc1)N(C(=O)CC(N)c1ccccc1)C1CC1. The Morgan fingerprint density at radius 2 is 1.75 bits per heavy atom. The van der Waals surface area contributed by atoms with Crippen LogP contribution in [0, 0.1) is 0 Å². The molecule has 0 bridgehead atoms. The Morgan fingerprint density at radius 3 is 2.33 bits per heavy atom. The minimum Gasteiger partial charge on any atom is -0.333 e. The third kappa shape index (κ3) is 3.97. The van der Waals surface area contributed by atoms with E-state index in [1.807, 2.05) is 59.5 Å². The smallest absolute Gasteiger partial charge is 0.225 e. The van der Waals surface area contributed by atoms with Crippen LogP contribution in [0.15, 0.2) is 54.6 Å². The summed E-state index contributed by atoms with van der Waals surface area (Å²) in [5.74, 6) is 0.122. The lowest BCUT2D eigenvalue weighted by Gasteiger charge is -2.31. The number of carbonyl (C=O) groups excluding carboxylic acids is 1. The molecular weight excluding hydrogens is 320 g/mol. The normalized spacial score (nSPS) is 16.5. The summed E-state index contributed by atoms with van der Waals surface area (Å²) in [6.07, 6.45) is 2.48. The molecule has 0 heterocycles. The van der Waals surface area contributed by atoms with Crippen molar-refractivity contribution in [2.45, 2.75) is 44.3 Å². The Balaban J connectivity index is 1.73. The first kappa shape index (κ1) is 17.0. The first-order valence-corrected chi connectivity index (χ1v) is 8.81. The van der Waals surface area contributed by atoms with Crippen LogP contribution in [0.4, 0.5) is 0 Å². The average Bonchev–Trinajstić information content (AvgIpc) is 3.41. The largest absolute Gasteiger partial charge is 0.333 e. The summed E-state index contributed by atoms with van der Waals surface area (Å²) in [7, 11) is 0. The standard InChI is InChI=1S/C20H23ClN2O/c1-14(15-7-9-17(21)10-8-15)23(18-11-12-18)20(24)13-19(22)16-5-3-2-4-6-16/h2-10,14,18-19H,11-13,22H2,1H3. The lowest BCUT2D eigenvalue weighted by atomic mass is 10.0. The molecule has 126 valence electrons. The number of amides is 1. The van der Waals surface area contributed by atoms with Gasteiger partial charge in [-0.2, -0.15) is 0 Å². The number of hydrogen-bond acceptors (Lipinski definition) is 2. The van der Waals surface area contributed by atoms with Gasteiger partial charge in [-0.05, 0) is 43.0 Å². The molecule has 4 heteroatoms. The summed E-state index contributed by atoms with van der Waals surface area (Å²) in [6, 6.07) is 17.6.